The lowest BCUT2D eigenvalue weighted by Crippen LogP contribution is -2.47. The van der Waals surface area contributed by atoms with Crippen LogP contribution in [0.2, 0.25) is 0 Å². The van der Waals surface area contributed by atoms with Gasteiger partial charge in [0.05, 0.1) is 5.56 Å². The second-order valence-corrected chi connectivity index (χ2v) is 7.94. The molecule has 0 saturated heterocycles. The van der Waals surface area contributed by atoms with Crippen LogP contribution in [0.4, 0.5) is 9.18 Å². The van der Waals surface area contributed by atoms with Crippen LogP contribution < -0.4 is 16.0 Å². The molecule has 1 aromatic carbocycles. The molecule has 0 bridgehead atoms. The van der Waals surface area contributed by atoms with E-state index < -0.39 is 42.3 Å². The molecule has 4 amide bonds. The zero-order chi connectivity index (χ0) is 23.5. The van der Waals surface area contributed by atoms with Crippen LogP contribution in [0.1, 0.15) is 56.3 Å². The molecule has 1 unspecified atom stereocenters. The summed E-state index contributed by atoms with van der Waals surface area (Å²) in [6.45, 7) is 3.06. The Hall–Kier alpha value is -3.23. The number of amides is 4. The van der Waals surface area contributed by atoms with Crippen molar-refractivity contribution in [2.24, 2.45) is 5.92 Å². The van der Waals surface area contributed by atoms with Crippen molar-refractivity contribution in [3.63, 3.8) is 0 Å². The minimum absolute atomic E-state index is 0.204. The first-order valence-electron chi connectivity index (χ1n) is 10.8. The normalized spacial score (nSPS) is 14.2. The first-order valence-corrected chi connectivity index (χ1v) is 10.8. The van der Waals surface area contributed by atoms with Gasteiger partial charge in [0.15, 0.2) is 6.61 Å². The standard InChI is InChI=1S/C23H30FN3O5/c1-15(2)20(27-21(29)17-10-6-7-11-18(17)24)22(30)32-14-19(28)26-23(31)25-13-12-16-8-4-3-5-9-16/h6-8,10-11,15,20H,3-5,9,12-14H2,1-2H3,(H,27,29)(H2,25,26,28,31). The Balaban J connectivity index is 1.76. The van der Waals surface area contributed by atoms with Crippen LogP contribution >= 0.6 is 0 Å². The number of esters is 1. The maximum atomic E-state index is 13.8. The molecule has 8 nitrogen and oxygen atoms in total. The van der Waals surface area contributed by atoms with E-state index in [0.29, 0.717) is 6.54 Å². The Kier molecular flexibility index (Phi) is 9.84. The highest BCUT2D eigenvalue weighted by Gasteiger charge is 2.27. The number of nitrogens with one attached hydrogen (secondary N) is 3. The molecule has 32 heavy (non-hydrogen) atoms. The molecule has 2 rings (SSSR count). The Morgan fingerprint density at radius 2 is 1.88 bits per heavy atom. The molecule has 1 atom stereocenters. The molecule has 0 radical (unpaired) electrons. The van der Waals surface area contributed by atoms with Gasteiger partial charge in [-0.15, -0.1) is 0 Å². The molecule has 0 aromatic heterocycles. The third kappa shape index (κ3) is 8.13. The molecule has 0 fully saturated rings. The van der Waals surface area contributed by atoms with E-state index in [0.717, 1.165) is 31.7 Å². The summed E-state index contributed by atoms with van der Waals surface area (Å²) in [5.74, 6) is -3.51. The number of ether oxygens (including phenoxy) is 1. The fourth-order valence-electron chi connectivity index (χ4n) is 3.26. The number of hydrogen-bond donors (Lipinski definition) is 3. The van der Waals surface area contributed by atoms with Crippen molar-refractivity contribution in [1.82, 2.24) is 16.0 Å². The summed E-state index contributed by atoms with van der Waals surface area (Å²) < 4.78 is 18.7. The molecule has 1 aliphatic carbocycles. The van der Waals surface area contributed by atoms with E-state index in [1.54, 1.807) is 13.8 Å². The predicted molar refractivity (Wildman–Crippen MR) is 116 cm³/mol. The number of imide groups is 1. The van der Waals surface area contributed by atoms with Crippen LogP contribution in [0, 0.1) is 11.7 Å². The average molecular weight is 448 g/mol. The molecule has 3 N–H and O–H groups in total. The van der Waals surface area contributed by atoms with Gasteiger partial charge in [0.2, 0.25) is 0 Å². The summed E-state index contributed by atoms with van der Waals surface area (Å²) in [5, 5.41) is 7.11. The van der Waals surface area contributed by atoms with Gasteiger partial charge in [0.25, 0.3) is 11.8 Å². The van der Waals surface area contributed by atoms with Crippen LogP contribution in [-0.2, 0) is 14.3 Å². The number of carbonyl (C=O) groups is 4. The largest absolute Gasteiger partial charge is 0.454 e. The number of urea groups is 1. The Labute approximate surface area is 187 Å². The number of halogens is 1. The monoisotopic (exact) mass is 447 g/mol. The molecular formula is C23H30FN3O5. The van der Waals surface area contributed by atoms with Gasteiger partial charge in [0.1, 0.15) is 11.9 Å². The summed E-state index contributed by atoms with van der Waals surface area (Å²) in [5.41, 5.74) is 1.10. The van der Waals surface area contributed by atoms with Gasteiger partial charge in [-0.2, -0.15) is 0 Å². The molecule has 0 heterocycles. The lowest BCUT2D eigenvalue weighted by atomic mass is 9.97. The van der Waals surface area contributed by atoms with Crippen molar-refractivity contribution in [2.45, 2.75) is 52.0 Å². The van der Waals surface area contributed by atoms with E-state index in [4.69, 9.17) is 4.74 Å². The fraction of sp³-hybridized carbons (Fsp3) is 0.478. The van der Waals surface area contributed by atoms with E-state index in [-0.39, 0.29) is 11.5 Å². The minimum Gasteiger partial charge on any atom is -0.454 e. The van der Waals surface area contributed by atoms with Crippen LogP contribution in [-0.4, -0.2) is 43.0 Å². The fourth-order valence-corrected chi connectivity index (χ4v) is 3.26. The van der Waals surface area contributed by atoms with Gasteiger partial charge in [-0.25, -0.2) is 14.0 Å². The highest BCUT2D eigenvalue weighted by Crippen LogP contribution is 2.19. The minimum atomic E-state index is -1.09. The summed E-state index contributed by atoms with van der Waals surface area (Å²) in [6.07, 6.45) is 7.35. The molecule has 1 aliphatic rings. The number of hydrogen-bond acceptors (Lipinski definition) is 5. The van der Waals surface area contributed by atoms with Gasteiger partial charge in [0, 0.05) is 6.54 Å². The quantitative estimate of drug-likeness (QED) is 0.398. The van der Waals surface area contributed by atoms with Gasteiger partial charge >= 0.3 is 12.0 Å². The van der Waals surface area contributed by atoms with Crippen molar-refractivity contribution in [3.05, 3.63) is 47.3 Å². The van der Waals surface area contributed by atoms with Crippen molar-refractivity contribution >= 4 is 23.8 Å². The Bertz CT molecular complexity index is 869. The van der Waals surface area contributed by atoms with Crippen LogP contribution in [0.3, 0.4) is 0 Å². The highest BCUT2D eigenvalue weighted by molar-refractivity contribution is 5.98. The van der Waals surface area contributed by atoms with Gasteiger partial charge < -0.3 is 15.4 Å². The third-order valence-corrected chi connectivity index (χ3v) is 5.04. The SMILES string of the molecule is CC(C)C(NC(=O)c1ccccc1F)C(=O)OCC(=O)NC(=O)NCCC1=CCCCC1. The van der Waals surface area contributed by atoms with Crippen molar-refractivity contribution < 1.29 is 28.3 Å². The molecule has 0 aliphatic heterocycles. The average Bonchev–Trinajstić information content (AvgIpc) is 2.76. The van der Waals surface area contributed by atoms with E-state index in [1.165, 1.54) is 30.2 Å². The molecule has 0 saturated carbocycles. The molecule has 9 heteroatoms. The topological polar surface area (TPSA) is 114 Å². The maximum Gasteiger partial charge on any atom is 0.329 e. The van der Waals surface area contributed by atoms with Gasteiger partial charge in [-0.1, -0.05) is 37.6 Å². The number of allylic oxidation sites excluding steroid dienone is 1. The first kappa shape index (κ1) is 25.0. The molecule has 0 spiro atoms. The number of rotatable bonds is 9. The number of benzene rings is 1. The summed E-state index contributed by atoms with van der Waals surface area (Å²) in [4.78, 5) is 48.4. The predicted octanol–water partition coefficient (Wildman–Crippen LogP) is 2.84. The van der Waals surface area contributed by atoms with Crippen LogP contribution in [0.15, 0.2) is 35.9 Å². The summed E-state index contributed by atoms with van der Waals surface area (Å²) >= 11 is 0. The smallest absolute Gasteiger partial charge is 0.329 e. The van der Waals surface area contributed by atoms with E-state index in [9.17, 15) is 23.6 Å². The van der Waals surface area contributed by atoms with Gasteiger partial charge in [-0.05, 0) is 50.2 Å². The van der Waals surface area contributed by atoms with Crippen molar-refractivity contribution in [3.8, 4) is 0 Å². The van der Waals surface area contributed by atoms with E-state index in [1.807, 2.05) is 0 Å². The van der Waals surface area contributed by atoms with Crippen molar-refractivity contribution in [2.75, 3.05) is 13.2 Å². The zero-order valence-electron chi connectivity index (χ0n) is 18.4. The lowest BCUT2D eigenvalue weighted by Gasteiger charge is -2.21. The van der Waals surface area contributed by atoms with Crippen molar-refractivity contribution in [1.29, 1.82) is 0 Å². The second kappa shape index (κ2) is 12.6. The van der Waals surface area contributed by atoms with Crippen LogP contribution in [0.25, 0.3) is 0 Å². The molecule has 1 aromatic rings. The zero-order valence-corrected chi connectivity index (χ0v) is 18.4. The second-order valence-electron chi connectivity index (χ2n) is 7.94. The number of carbonyl (C=O) groups excluding carboxylic acids is 4. The lowest BCUT2D eigenvalue weighted by molar-refractivity contribution is -0.151. The van der Waals surface area contributed by atoms with Gasteiger partial charge in [-0.3, -0.25) is 14.9 Å². The van der Waals surface area contributed by atoms with E-state index in [2.05, 4.69) is 22.0 Å². The summed E-state index contributed by atoms with van der Waals surface area (Å²) in [6, 6.07) is 3.62. The summed E-state index contributed by atoms with van der Waals surface area (Å²) in [7, 11) is 0. The molecular weight excluding hydrogens is 417 g/mol. The highest BCUT2D eigenvalue weighted by atomic mass is 19.1. The Morgan fingerprint density at radius 3 is 2.53 bits per heavy atom. The first-order chi connectivity index (χ1) is 15.3. The maximum absolute atomic E-state index is 13.8. The van der Waals surface area contributed by atoms with E-state index >= 15 is 0 Å². The molecule has 174 valence electrons. The third-order valence-electron chi connectivity index (χ3n) is 5.04. The Morgan fingerprint density at radius 1 is 1.12 bits per heavy atom. The van der Waals surface area contributed by atoms with Crippen LogP contribution in [0.5, 0.6) is 0 Å².